The average molecular weight is 235 g/mol. The van der Waals surface area contributed by atoms with Crippen molar-refractivity contribution in [3.05, 3.63) is 17.8 Å². The number of rotatable bonds is 4. The van der Waals surface area contributed by atoms with Crippen LogP contribution in [-0.2, 0) is 4.79 Å². The van der Waals surface area contributed by atoms with E-state index in [1.165, 1.54) is 12.1 Å². The maximum Gasteiger partial charge on any atom is 0.272 e. The third kappa shape index (κ3) is 3.40. The van der Waals surface area contributed by atoms with E-state index in [1.54, 1.807) is 0 Å². The fourth-order valence-corrected chi connectivity index (χ4v) is 1.22. The molecule has 7 heteroatoms. The van der Waals surface area contributed by atoms with Gasteiger partial charge in [-0.05, 0) is 25.0 Å². The Hall–Kier alpha value is -2.18. The number of nitrogens with two attached hydrogens (primary N) is 1. The van der Waals surface area contributed by atoms with Crippen LogP contribution in [0.5, 0.6) is 0 Å². The Labute approximate surface area is 97.8 Å². The van der Waals surface area contributed by atoms with Crippen molar-refractivity contribution in [3.8, 4) is 0 Å². The van der Waals surface area contributed by atoms with Gasteiger partial charge in [0, 0.05) is 6.04 Å². The van der Waals surface area contributed by atoms with Gasteiger partial charge in [0.15, 0.2) is 5.69 Å². The highest BCUT2D eigenvalue weighted by Crippen LogP contribution is 2.18. The second-order valence-corrected chi connectivity index (χ2v) is 3.87. The Kier molecular flexibility index (Phi) is 3.17. The molecule has 2 amide bonds. The molecule has 1 fully saturated rings. The van der Waals surface area contributed by atoms with Crippen molar-refractivity contribution in [1.29, 1.82) is 0 Å². The number of amides is 2. The molecule has 0 unspecified atom stereocenters. The van der Waals surface area contributed by atoms with Crippen molar-refractivity contribution in [2.45, 2.75) is 18.9 Å². The topological polar surface area (TPSA) is 110 Å². The lowest BCUT2D eigenvalue weighted by atomic mass is 10.3. The van der Waals surface area contributed by atoms with Crippen LogP contribution in [0, 0.1) is 0 Å². The van der Waals surface area contributed by atoms with Crippen LogP contribution in [0.4, 0.5) is 5.82 Å². The lowest BCUT2D eigenvalue weighted by molar-refractivity contribution is -0.120. The molecule has 2 rings (SSSR count). The zero-order valence-corrected chi connectivity index (χ0v) is 9.14. The van der Waals surface area contributed by atoms with Gasteiger partial charge in [-0.1, -0.05) is 0 Å². The van der Waals surface area contributed by atoms with E-state index in [0.717, 1.165) is 12.8 Å². The van der Waals surface area contributed by atoms with Gasteiger partial charge in [-0.2, -0.15) is 0 Å². The summed E-state index contributed by atoms with van der Waals surface area (Å²) in [5.41, 5.74) is 5.48. The van der Waals surface area contributed by atoms with E-state index in [4.69, 9.17) is 5.73 Å². The van der Waals surface area contributed by atoms with E-state index >= 15 is 0 Å². The molecular formula is C10H13N5O2. The highest BCUT2D eigenvalue weighted by Gasteiger charge is 2.23. The quantitative estimate of drug-likeness (QED) is 0.624. The summed E-state index contributed by atoms with van der Waals surface area (Å²) in [7, 11) is 0. The number of carbonyl (C=O) groups is 2. The van der Waals surface area contributed by atoms with Gasteiger partial charge in [0.25, 0.3) is 5.91 Å². The summed E-state index contributed by atoms with van der Waals surface area (Å²) in [5.74, 6) is -0.388. The minimum Gasteiger partial charge on any atom is -0.382 e. The van der Waals surface area contributed by atoms with Crippen molar-refractivity contribution in [1.82, 2.24) is 20.8 Å². The first-order valence-corrected chi connectivity index (χ1v) is 5.32. The molecule has 1 saturated carbocycles. The number of hydrogen-bond acceptors (Lipinski definition) is 5. The summed E-state index contributed by atoms with van der Waals surface area (Å²) >= 11 is 0. The predicted octanol–water partition coefficient (Wildman–Crippen LogP) is -0.933. The predicted molar refractivity (Wildman–Crippen MR) is 59.9 cm³/mol. The Morgan fingerprint density at radius 1 is 1.35 bits per heavy atom. The van der Waals surface area contributed by atoms with Crippen molar-refractivity contribution >= 4 is 17.6 Å². The minimum absolute atomic E-state index is 0.0542. The summed E-state index contributed by atoms with van der Waals surface area (Å²) in [4.78, 5) is 22.8. The van der Waals surface area contributed by atoms with Gasteiger partial charge in [0.05, 0.1) is 6.54 Å². The third-order valence-electron chi connectivity index (χ3n) is 2.27. The molecular weight excluding hydrogens is 222 g/mol. The van der Waals surface area contributed by atoms with Crippen molar-refractivity contribution in [3.63, 3.8) is 0 Å². The second kappa shape index (κ2) is 4.77. The maximum atomic E-state index is 11.5. The van der Waals surface area contributed by atoms with Crippen LogP contribution in [0.3, 0.4) is 0 Å². The number of nitrogens with zero attached hydrogens (tertiary/aromatic N) is 2. The van der Waals surface area contributed by atoms with Crippen LogP contribution < -0.4 is 16.4 Å². The van der Waals surface area contributed by atoms with Crippen LogP contribution in [0.15, 0.2) is 12.1 Å². The molecule has 0 aromatic carbocycles. The molecule has 0 aliphatic heterocycles. The first kappa shape index (κ1) is 11.3. The number of anilines is 1. The number of carbonyl (C=O) groups excluding carboxylic acids is 2. The summed E-state index contributed by atoms with van der Waals surface area (Å²) in [6.07, 6.45) is 2.03. The summed E-state index contributed by atoms with van der Waals surface area (Å²) < 4.78 is 0. The van der Waals surface area contributed by atoms with E-state index in [0.29, 0.717) is 0 Å². The van der Waals surface area contributed by atoms with Gasteiger partial charge < -0.3 is 16.4 Å². The average Bonchev–Trinajstić information content (AvgIpc) is 3.11. The van der Waals surface area contributed by atoms with Crippen LogP contribution in [-0.4, -0.2) is 34.6 Å². The van der Waals surface area contributed by atoms with Gasteiger partial charge in [0.2, 0.25) is 5.91 Å². The molecule has 0 spiro atoms. The molecule has 1 aromatic heterocycles. The van der Waals surface area contributed by atoms with E-state index < -0.39 is 5.91 Å². The highest BCUT2D eigenvalue weighted by atomic mass is 16.2. The smallest absolute Gasteiger partial charge is 0.272 e. The molecule has 0 atom stereocenters. The minimum atomic E-state index is -0.441. The lowest BCUT2D eigenvalue weighted by Gasteiger charge is -2.04. The standard InChI is InChI=1S/C10H13N5O2/c11-8-4-3-7(14-15-8)10(17)12-5-9(16)13-6-1-2-6/h3-4,6H,1-2,5H2,(H2,11,15)(H,12,17)(H,13,16). The van der Waals surface area contributed by atoms with Crippen LogP contribution in [0.1, 0.15) is 23.3 Å². The Morgan fingerprint density at radius 3 is 2.71 bits per heavy atom. The number of nitrogen functional groups attached to an aromatic ring is 1. The number of nitrogens with one attached hydrogen (secondary N) is 2. The zero-order chi connectivity index (χ0) is 12.3. The largest absolute Gasteiger partial charge is 0.382 e. The van der Waals surface area contributed by atoms with Gasteiger partial charge in [-0.15, -0.1) is 10.2 Å². The molecule has 1 aliphatic rings. The van der Waals surface area contributed by atoms with E-state index in [1.807, 2.05) is 0 Å². The van der Waals surface area contributed by atoms with Gasteiger partial charge in [-0.3, -0.25) is 9.59 Å². The van der Waals surface area contributed by atoms with Crippen LogP contribution in [0.2, 0.25) is 0 Å². The molecule has 1 aliphatic carbocycles. The van der Waals surface area contributed by atoms with E-state index in [-0.39, 0.29) is 30.0 Å². The Bertz CT molecular complexity index is 427. The maximum absolute atomic E-state index is 11.5. The molecule has 1 heterocycles. The van der Waals surface area contributed by atoms with Gasteiger partial charge in [-0.25, -0.2) is 0 Å². The molecule has 7 nitrogen and oxygen atoms in total. The van der Waals surface area contributed by atoms with Crippen LogP contribution >= 0.6 is 0 Å². The van der Waals surface area contributed by atoms with Crippen molar-refractivity contribution in [2.75, 3.05) is 12.3 Å². The lowest BCUT2D eigenvalue weighted by Crippen LogP contribution is -2.38. The molecule has 0 saturated heterocycles. The molecule has 0 bridgehead atoms. The monoisotopic (exact) mass is 235 g/mol. The molecule has 17 heavy (non-hydrogen) atoms. The van der Waals surface area contributed by atoms with Gasteiger partial charge in [0.1, 0.15) is 5.82 Å². The fraction of sp³-hybridized carbons (Fsp3) is 0.400. The molecule has 1 aromatic rings. The Morgan fingerprint density at radius 2 is 2.12 bits per heavy atom. The molecule has 0 radical (unpaired) electrons. The van der Waals surface area contributed by atoms with Gasteiger partial charge >= 0.3 is 0 Å². The summed E-state index contributed by atoms with van der Waals surface area (Å²) in [6, 6.07) is 3.22. The number of aromatic nitrogens is 2. The zero-order valence-electron chi connectivity index (χ0n) is 9.14. The SMILES string of the molecule is Nc1ccc(C(=O)NCC(=O)NC2CC2)nn1. The highest BCUT2D eigenvalue weighted by molar-refractivity contribution is 5.94. The Balaban J connectivity index is 1.79. The summed E-state index contributed by atoms with van der Waals surface area (Å²) in [5, 5.41) is 12.4. The first-order valence-electron chi connectivity index (χ1n) is 5.32. The fourth-order valence-electron chi connectivity index (χ4n) is 1.22. The first-order chi connectivity index (χ1) is 8.15. The normalized spacial score (nSPS) is 14.1. The van der Waals surface area contributed by atoms with E-state index in [2.05, 4.69) is 20.8 Å². The second-order valence-electron chi connectivity index (χ2n) is 3.87. The molecule has 90 valence electrons. The third-order valence-corrected chi connectivity index (χ3v) is 2.27. The van der Waals surface area contributed by atoms with Crippen molar-refractivity contribution in [2.24, 2.45) is 0 Å². The van der Waals surface area contributed by atoms with E-state index in [9.17, 15) is 9.59 Å². The number of hydrogen-bond donors (Lipinski definition) is 3. The molecule has 4 N–H and O–H groups in total. The van der Waals surface area contributed by atoms with Crippen LogP contribution in [0.25, 0.3) is 0 Å². The van der Waals surface area contributed by atoms with Crippen molar-refractivity contribution < 1.29 is 9.59 Å². The summed E-state index contributed by atoms with van der Waals surface area (Å²) in [6.45, 7) is -0.0542.